The molecule has 0 fully saturated rings. The van der Waals surface area contributed by atoms with E-state index in [0.29, 0.717) is 25.8 Å². The summed E-state index contributed by atoms with van der Waals surface area (Å²) in [4.78, 5) is 23.4. The van der Waals surface area contributed by atoms with Gasteiger partial charge in [0, 0.05) is 6.54 Å². The lowest BCUT2D eigenvalue weighted by Crippen LogP contribution is -2.39. The normalized spacial score (nSPS) is 20.4. The van der Waals surface area contributed by atoms with Crippen LogP contribution in [0.15, 0.2) is 36.4 Å². The van der Waals surface area contributed by atoms with Crippen molar-refractivity contribution in [2.45, 2.75) is 19.3 Å². The third-order valence-corrected chi connectivity index (χ3v) is 3.96. The number of allylic oxidation sites excluding steroid dienone is 2. The quantitative estimate of drug-likeness (QED) is 0.788. The van der Waals surface area contributed by atoms with Gasteiger partial charge in [-0.3, -0.25) is 9.59 Å². The first-order chi connectivity index (χ1) is 10.6. The number of aliphatic carboxylic acids is 1. The average Bonchev–Trinajstić information content (AvgIpc) is 2.55. The van der Waals surface area contributed by atoms with Gasteiger partial charge in [0.25, 0.3) is 0 Å². The summed E-state index contributed by atoms with van der Waals surface area (Å²) in [6, 6.07) is 7.66. The summed E-state index contributed by atoms with van der Waals surface area (Å²) in [7, 11) is 1.62. The Hall–Kier alpha value is -2.30. The molecule has 22 heavy (non-hydrogen) atoms. The van der Waals surface area contributed by atoms with Crippen molar-refractivity contribution in [1.82, 2.24) is 5.32 Å². The van der Waals surface area contributed by atoms with Crippen LogP contribution in [0, 0.1) is 11.8 Å². The van der Waals surface area contributed by atoms with E-state index in [2.05, 4.69) is 5.32 Å². The first-order valence-corrected chi connectivity index (χ1v) is 7.40. The Morgan fingerprint density at radius 3 is 2.41 bits per heavy atom. The fraction of sp³-hybridized carbons (Fsp3) is 0.412. The predicted octanol–water partition coefficient (Wildman–Crippen LogP) is 2.02. The Bertz CT molecular complexity index is 550. The number of carboxylic acids is 1. The summed E-state index contributed by atoms with van der Waals surface area (Å²) in [5, 5.41) is 12.0. The van der Waals surface area contributed by atoms with Crippen LogP contribution in [0.4, 0.5) is 0 Å². The van der Waals surface area contributed by atoms with Crippen molar-refractivity contribution in [2.75, 3.05) is 13.7 Å². The molecule has 1 aromatic rings. The molecule has 0 unspecified atom stereocenters. The van der Waals surface area contributed by atoms with E-state index in [1.165, 1.54) is 0 Å². The number of nitrogens with one attached hydrogen (secondary N) is 1. The number of hydrogen-bond donors (Lipinski definition) is 2. The number of carbonyl (C=O) groups excluding carboxylic acids is 1. The molecule has 118 valence electrons. The van der Waals surface area contributed by atoms with Crippen LogP contribution < -0.4 is 10.1 Å². The SMILES string of the molecule is COc1ccc(CCNC(=O)[C@@H]2CC=CC[C@H]2C(=O)O)cc1. The smallest absolute Gasteiger partial charge is 0.307 e. The van der Waals surface area contributed by atoms with Crippen LogP contribution in [0.25, 0.3) is 0 Å². The molecular formula is C17H21NO4. The van der Waals surface area contributed by atoms with E-state index in [1.54, 1.807) is 7.11 Å². The lowest BCUT2D eigenvalue weighted by atomic mass is 9.82. The summed E-state index contributed by atoms with van der Waals surface area (Å²) < 4.78 is 5.09. The molecule has 5 nitrogen and oxygen atoms in total. The van der Waals surface area contributed by atoms with Gasteiger partial charge in [-0.25, -0.2) is 0 Å². The van der Waals surface area contributed by atoms with E-state index >= 15 is 0 Å². The maximum absolute atomic E-state index is 12.2. The second kappa shape index (κ2) is 7.64. The second-order valence-corrected chi connectivity index (χ2v) is 5.38. The van der Waals surface area contributed by atoms with Crippen molar-refractivity contribution in [3.63, 3.8) is 0 Å². The largest absolute Gasteiger partial charge is 0.497 e. The molecular weight excluding hydrogens is 282 g/mol. The summed E-state index contributed by atoms with van der Waals surface area (Å²) >= 11 is 0. The number of ether oxygens (including phenoxy) is 1. The lowest BCUT2D eigenvalue weighted by Gasteiger charge is -2.24. The molecule has 2 N–H and O–H groups in total. The van der Waals surface area contributed by atoms with Gasteiger partial charge in [-0.05, 0) is 37.0 Å². The Balaban J connectivity index is 1.83. The second-order valence-electron chi connectivity index (χ2n) is 5.38. The van der Waals surface area contributed by atoms with Gasteiger partial charge in [0.2, 0.25) is 5.91 Å². The van der Waals surface area contributed by atoms with Gasteiger partial charge in [-0.1, -0.05) is 24.3 Å². The Labute approximate surface area is 130 Å². The maximum atomic E-state index is 12.2. The Morgan fingerprint density at radius 1 is 1.18 bits per heavy atom. The van der Waals surface area contributed by atoms with Gasteiger partial charge >= 0.3 is 5.97 Å². The van der Waals surface area contributed by atoms with E-state index in [-0.39, 0.29) is 5.91 Å². The minimum absolute atomic E-state index is 0.176. The van der Waals surface area contributed by atoms with Crippen LogP contribution in [-0.4, -0.2) is 30.6 Å². The first-order valence-electron chi connectivity index (χ1n) is 7.40. The topological polar surface area (TPSA) is 75.6 Å². The summed E-state index contributed by atoms with van der Waals surface area (Å²) in [5.41, 5.74) is 1.10. The van der Waals surface area contributed by atoms with Crippen LogP contribution in [0.2, 0.25) is 0 Å². The summed E-state index contributed by atoms with van der Waals surface area (Å²) in [6.45, 7) is 0.498. The molecule has 1 aliphatic carbocycles. The molecule has 0 bridgehead atoms. The third-order valence-electron chi connectivity index (χ3n) is 3.96. The van der Waals surface area contributed by atoms with Crippen LogP contribution >= 0.6 is 0 Å². The average molecular weight is 303 g/mol. The number of hydrogen-bond acceptors (Lipinski definition) is 3. The van der Waals surface area contributed by atoms with Gasteiger partial charge in [0.15, 0.2) is 0 Å². The summed E-state index contributed by atoms with van der Waals surface area (Å²) in [5.74, 6) is -1.37. The third kappa shape index (κ3) is 4.10. The van der Waals surface area contributed by atoms with Crippen molar-refractivity contribution in [2.24, 2.45) is 11.8 Å². The molecule has 1 aliphatic rings. The van der Waals surface area contributed by atoms with Crippen LogP contribution in [0.5, 0.6) is 5.75 Å². The highest BCUT2D eigenvalue weighted by molar-refractivity contribution is 5.85. The molecule has 0 radical (unpaired) electrons. The van der Waals surface area contributed by atoms with E-state index in [0.717, 1.165) is 11.3 Å². The van der Waals surface area contributed by atoms with Gasteiger partial charge in [-0.15, -0.1) is 0 Å². The van der Waals surface area contributed by atoms with Gasteiger partial charge < -0.3 is 15.2 Å². The molecule has 0 spiro atoms. The van der Waals surface area contributed by atoms with Crippen molar-refractivity contribution in [3.05, 3.63) is 42.0 Å². The van der Waals surface area contributed by atoms with Crippen molar-refractivity contribution in [3.8, 4) is 5.75 Å². The number of amides is 1. The van der Waals surface area contributed by atoms with Gasteiger partial charge in [0.1, 0.15) is 5.75 Å². The molecule has 2 atom stereocenters. The standard InChI is InChI=1S/C17H21NO4/c1-22-13-8-6-12(7-9-13)10-11-18-16(19)14-4-2-3-5-15(14)17(20)21/h2-3,6-9,14-15H,4-5,10-11H2,1H3,(H,18,19)(H,20,21)/t14-,15-/m1/s1. The number of benzene rings is 1. The van der Waals surface area contributed by atoms with Crippen molar-refractivity contribution < 1.29 is 19.4 Å². The van der Waals surface area contributed by atoms with Crippen LogP contribution in [0.3, 0.4) is 0 Å². The molecule has 0 aromatic heterocycles. The maximum Gasteiger partial charge on any atom is 0.307 e. The molecule has 5 heteroatoms. The highest BCUT2D eigenvalue weighted by Gasteiger charge is 2.33. The zero-order valence-corrected chi connectivity index (χ0v) is 12.6. The van der Waals surface area contributed by atoms with Crippen LogP contribution in [0.1, 0.15) is 18.4 Å². The Kier molecular flexibility index (Phi) is 5.58. The van der Waals surface area contributed by atoms with E-state index in [1.807, 2.05) is 36.4 Å². The predicted molar refractivity (Wildman–Crippen MR) is 82.7 cm³/mol. The minimum atomic E-state index is -0.903. The molecule has 1 aromatic carbocycles. The highest BCUT2D eigenvalue weighted by Crippen LogP contribution is 2.26. The van der Waals surface area contributed by atoms with Gasteiger partial charge in [-0.2, -0.15) is 0 Å². The number of methoxy groups -OCH3 is 1. The van der Waals surface area contributed by atoms with Gasteiger partial charge in [0.05, 0.1) is 18.9 Å². The Morgan fingerprint density at radius 2 is 1.82 bits per heavy atom. The van der Waals surface area contributed by atoms with E-state index in [4.69, 9.17) is 4.74 Å². The molecule has 1 amide bonds. The lowest BCUT2D eigenvalue weighted by molar-refractivity contribution is -0.147. The monoisotopic (exact) mass is 303 g/mol. The molecule has 0 saturated carbocycles. The zero-order chi connectivity index (χ0) is 15.9. The number of carboxylic acid groups (broad SMARTS) is 1. The molecule has 0 heterocycles. The fourth-order valence-corrected chi connectivity index (χ4v) is 2.63. The minimum Gasteiger partial charge on any atom is -0.497 e. The number of carbonyl (C=O) groups is 2. The fourth-order valence-electron chi connectivity index (χ4n) is 2.63. The first kappa shape index (κ1) is 16.1. The zero-order valence-electron chi connectivity index (χ0n) is 12.6. The summed E-state index contributed by atoms with van der Waals surface area (Å²) in [6.07, 6.45) is 5.33. The van der Waals surface area contributed by atoms with Crippen molar-refractivity contribution in [1.29, 1.82) is 0 Å². The molecule has 0 saturated heterocycles. The molecule has 2 rings (SSSR count). The number of rotatable bonds is 6. The molecule has 0 aliphatic heterocycles. The highest BCUT2D eigenvalue weighted by atomic mass is 16.5. The van der Waals surface area contributed by atoms with Crippen LogP contribution in [-0.2, 0) is 16.0 Å². The van der Waals surface area contributed by atoms with E-state index in [9.17, 15) is 14.7 Å². The van der Waals surface area contributed by atoms with E-state index < -0.39 is 17.8 Å². The van der Waals surface area contributed by atoms with Crippen molar-refractivity contribution >= 4 is 11.9 Å².